The van der Waals surface area contributed by atoms with Crippen molar-refractivity contribution in [2.45, 2.75) is 131 Å². The van der Waals surface area contributed by atoms with Gasteiger partial charge in [-0.3, -0.25) is 19.1 Å². The van der Waals surface area contributed by atoms with Gasteiger partial charge in [-0.05, 0) is 108 Å². The van der Waals surface area contributed by atoms with Crippen molar-refractivity contribution in [3.8, 4) is 11.6 Å². The van der Waals surface area contributed by atoms with Crippen molar-refractivity contribution in [2.24, 2.45) is 17.8 Å². The zero-order valence-electron chi connectivity index (χ0n) is 38.3. The lowest BCUT2D eigenvalue weighted by molar-refractivity contribution is -0.142. The maximum Gasteiger partial charge on any atom is 0.408 e. The van der Waals surface area contributed by atoms with E-state index in [9.17, 15) is 22.8 Å². The SMILES string of the molecule is C=C[C@@H]1C[C@]1(NC(=O)[C@@H]1C[C@@H]2CN1C(=O)[C@H](C1CCCC1)NC(=O)O[C@@H]1CCC[C@H]1CCC=CCc1c(nc3ccccc3c1OCCCN1CCN(C)CC1)O2)C(=O)NS(=O)(=O)C1CC1. The molecule has 0 unspecified atom stereocenters. The lowest BCUT2D eigenvalue weighted by Crippen LogP contribution is -2.59. The number of alkyl carbamates (subject to hydrolysis) is 1. The first-order valence-electron chi connectivity index (χ1n) is 24.5. The maximum absolute atomic E-state index is 15.1. The third-order valence-corrected chi connectivity index (χ3v) is 17.0. The standard InChI is InChI=1S/C49H67N7O9S/c1-3-34-30-49(34,47(59)53-66(61,62)36-21-22-36)52-44(57)40-29-35-31-56(40)46(58)42(33-14-7-8-15-33)51-48(60)65-41-20-11-16-32(41)13-5-4-6-18-38-43(37-17-9-10-19-39(37)50-45(38)64-35)63-28-12-23-55-26-24-54(2)25-27-55/h3-4,6,9-10,17,19,32-36,40-42H,1,5,7-8,11-16,18,20-31H2,2H3,(H,51,60)(H,52,57)(H,53,59)/t32-,34-,35-,40+,41-,42+,49-/m1/s1. The third-order valence-electron chi connectivity index (χ3n) is 15.2. The molecule has 2 aromatic rings. The second-order valence-electron chi connectivity index (χ2n) is 19.8. The number of nitrogens with zero attached hydrogens (tertiary/aromatic N) is 4. The molecule has 9 rings (SSSR count). The molecule has 66 heavy (non-hydrogen) atoms. The Balaban J connectivity index is 1.05. The summed E-state index contributed by atoms with van der Waals surface area (Å²) in [6, 6.07) is 5.74. The highest BCUT2D eigenvalue weighted by molar-refractivity contribution is 7.91. The third kappa shape index (κ3) is 10.2. The Morgan fingerprint density at radius 3 is 2.52 bits per heavy atom. The molecular weight excluding hydrogens is 863 g/mol. The molecule has 0 spiro atoms. The summed E-state index contributed by atoms with van der Waals surface area (Å²) in [5.41, 5.74) is -0.0956. The summed E-state index contributed by atoms with van der Waals surface area (Å²) in [6.07, 6.45) is 14.1. The first-order valence-corrected chi connectivity index (χ1v) is 26.0. The number of hydrogen-bond donors (Lipinski definition) is 3. The zero-order chi connectivity index (χ0) is 46.0. The number of likely N-dealkylation sites (N-methyl/N-ethyl adjacent to an activating group) is 1. The minimum Gasteiger partial charge on any atom is -0.492 e. The van der Waals surface area contributed by atoms with Crippen LogP contribution in [0.2, 0.25) is 0 Å². The summed E-state index contributed by atoms with van der Waals surface area (Å²) in [5.74, 6) is -1.34. The molecule has 3 N–H and O–H groups in total. The molecule has 16 nitrogen and oxygen atoms in total. The highest BCUT2D eigenvalue weighted by atomic mass is 32.2. The molecule has 358 valence electrons. The number of pyridine rings is 1. The minimum absolute atomic E-state index is 0.00723. The molecule has 4 heterocycles. The number of nitrogens with one attached hydrogen (secondary N) is 3. The number of sulfonamides is 1. The number of rotatable bonds is 12. The number of aromatic nitrogens is 1. The molecule has 3 aliphatic heterocycles. The van der Waals surface area contributed by atoms with Gasteiger partial charge in [0.2, 0.25) is 27.7 Å². The Morgan fingerprint density at radius 1 is 0.985 bits per heavy atom. The number of carbonyl (C=O) groups excluding carboxylic acids is 4. The van der Waals surface area contributed by atoms with Gasteiger partial charge in [0.05, 0.1) is 29.5 Å². The van der Waals surface area contributed by atoms with Crippen LogP contribution < -0.4 is 24.8 Å². The van der Waals surface area contributed by atoms with Crippen molar-refractivity contribution < 1.29 is 41.8 Å². The number of hydrogen-bond acceptors (Lipinski definition) is 12. The van der Waals surface area contributed by atoms with Gasteiger partial charge in [-0.15, -0.1) is 6.58 Å². The van der Waals surface area contributed by atoms with E-state index >= 15 is 4.79 Å². The van der Waals surface area contributed by atoms with Crippen molar-refractivity contribution >= 4 is 44.7 Å². The average molecular weight is 930 g/mol. The Kier molecular flexibility index (Phi) is 13.9. The van der Waals surface area contributed by atoms with Gasteiger partial charge in [0.15, 0.2) is 0 Å². The van der Waals surface area contributed by atoms with Crippen molar-refractivity contribution in [3.63, 3.8) is 0 Å². The number of amides is 4. The van der Waals surface area contributed by atoms with E-state index in [1.807, 2.05) is 24.3 Å². The number of benzene rings is 1. The Hall–Kier alpha value is -4.74. The van der Waals surface area contributed by atoms with Crippen LogP contribution in [0, 0.1) is 17.8 Å². The fourth-order valence-corrected chi connectivity index (χ4v) is 12.4. The van der Waals surface area contributed by atoms with E-state index in [0.29, 0.717) is 43.0 Å². The zero-order valence-corrected chi connectivity index (χ0v) is 39.1. The van der Waals surface area contributed by atoms with Crippen LogP contribution in [-0.4, -0.2) is 140 Å². The molecule has 4 amide bonds. The van der Waals surface area contributed by atoms with Crippen LogP contribution in [0.4, 0.5) is 4.79 Å². The van der Waals surface area contributed by atoms with Crippen molar-refractivity contribution in [1.82, 2.24) is 35.0 Å². The lowest BCUT2D eigenvalue weighted by atomic mass is 9.96. The minimum atomic E-state index is -3.92. The normalized spacial score (nSPS) is 30.3. The lowest BCUT2D eigenvalue weighted by Gasteiger charge is -2.32. The fourth-order valence-electron chi connectivity index (χ4n) is 11.0. The fraction of sp³-hybridized carbons (Fsp3) is 0.653. The Bertz CT molecular complexity index is 2290. The van der Waals surface area contributed by atoms with Crippen LogP contribution in [-0.2, 0) is 35.6 Å². The van der Waals surface area contributed by atoms with Gasteiger partial charge < -0.3 is 39.5 Å². The summed E-state index contributed by atoms with van der Waals surface area (Å²) in [4.78, 5) is 68.8. The van der Waals surface area contributed by atoms with Gasteiger partial charge >= 0.3 is 6.09 Å². The van der Waals surface area contributed by atoms with E-state index in [1.165, 1.54) is 11.0 Å². The van der Waals surface area contributed by atoms with Crippen molar-refractivity contribution in [2.75, 3.05) is 52.9 Å². The van der Waals surface area contributed by atoms with E-state index in [2.05, 4.69) is 50.9 Å². The molecule has 1 aromatic carbocycles. The second-order valence-corrected chi connectivity index (χ2v) is 21.8. The first kappa shape index (κ1) is 46.4. The summed E-state index contributed by atoms with van der Waals surface area (Å²) < 4.78 is 47.8. The van der Waals surface area contributed by atoms with Crippen LogP contribution in [0.1, 0.15) is 95.5 Å². The van der Waals surface area contributed by atoms with E-state index in [1.54, 1.807) is 0 Å². The van der Waals surface area contributed by atoms with E-state index < -0.39 is 68.7 Å². The Morgan fingerprint density at radius 2 is 1.76 bits per heavy atom. The van der Waals surface area contributed by atoms with Gasteiger partial charge in [-0.2, -0.15) is 0 Å². The monoisotopic (exact) mass is 929 g/mol. The highest BCUT2D eigenvalue weighted by Gasteiger charge is 2.62. The molecule has 4 aliphatic carbocycles. The maximum atomic E-state index is 15.1. The van der Waals surface area contributed by atoms with E-state index in [0.717, 1.165) is 108 Å². The topological polar surface area (TPSA) is 189 Å². The van der Waals surface area contributed by atoms with Crippen LogP contribution >= 0.6 is 0 Å². The second kappa shape index (κ2) is 19.8. The van der Waals surface area contributed by atoms with E-state index in [-0.39, 0.29) is 37.3 Å². The predicted molar refractivity (Wildman–Crippen MR) is 248 cm³/mol. The number of allylic oxidation sites excluding steroid dienone is 2. The molecule has 2 bridgehead atoms. The molecule has 17 heteroatoms. The molecule has 1 aromatic heterocycles. The van der Waals surface area contributed by atoms with Gasteiger partial charge in [0.1, 0.15) is 35.6 Å². The predicted octanol–water partition coefficient (Wildman–Crippen LogP) is 4.61. The first-order chi connectivity index (χ1) is 31.9. The molecule has 7 aliphatic rings. The van der Waals surface area contributed by atoms with Crippen LogP contribution in [0.3, 0.4) is 0 Å². The smallest absolute Gasteiger partial charge is 0.408 e. The van der Waals surface area contributed by atoms with Crippen molar-refractivity contribution in [1.29, 1.82) is 0 Å². The number of piperazine rings is 1. The number of carbonyl (C=O) groups is 4. The largest absolute Gasteiger partial charge is 0.492 e. The Labute approximate surface area is 388 Å². The van der Waals surface area contributed by atoms with Gasteiger partial charge in [0.25, 0.3) is 5.91 Å². The molecule has 2 saturated heterocycles. The number of ether oxygens (including phenoxy) is 3. The number of para-hydroxylation sites is 1. The summed E-state index contributed by atoms with van der Waals surface area (Å²) in [6.45, 7) is 9.39. The average Bonchev–Trinajstić information content (AvgIpc) is 4.09. The van der Waals surface area contributed by atoms with Gasteiger partial charge in [-0.25, -0.2) is 18.2 Å². The van der Waals surface area contributed by atoms with Crippen molar-refractivity contribution in [3.05, 3.63) is 54.6 Å². The number of fused-ring (bicyclic) bond motifs is 5. The van der Waals surface area contributed by atoms with Gasteiger partial charge in [-0.1, -0.05) is 43.2 Å². The molecule has 0 radical (unpaired) electrons. The summed E-state index contributed by atoms with van der Waals surface area (Å²) >= 11 is 0. The van der Waals surface area contributed by atoms with E-state index in [4.69, 9.17) is 19.2 Å². The van der Waals surface area contributed by atoms with Gasteiger partial charge in [0, 0.05) is 50.4 Å². The highest BCUT2D eigenvalue weighted by Crippen LogP contribution is 2.46. The molecule has 4 saturated carbocycles. The van der Waals surface area contributed by atoms with Crippen LogP contribution in [0.5, 0.6) is 11.6 Å². The molecule has 6 fully saturated rings. The summed E-state index contributed by atoms with van der Waals surface area (Å²) in [5, 5.41) is 6.10. The van der Waals surface area contributed by atoms with Crippen LogP contribution in [0.15, 0.2) is 49.1 Å². The molecule has 7 atom stereocenters. The summed E-state index contributed by atoms with van der Waals surface area (Å²) in [7, 11) is -1.76. The quantitative estimate of drug-likeness (QED) is 0.198. The van der Waals surface area contributed by atoms with Crippen LogP contribution in [0.25, 0.3) is 10.9 Å². The molecular formula is C49H67N7O9S.